The van der Waals surface area contributed by atoms with Gasteiger partial charge < -0.3 is 14.4 Å². The van der Waals surface area contributed by atoms with Crippen molar-refractivity contribution in [3.05, 3.63) is 65.5 Å². The van der Waals surface area contributed by atoms with Crippen LogP contribution in [0, 0.1) is 6.92 Å². The molecule has 2 aromatic carbocycles. The van der Waals surface area contributed by atoms with Crippen molar-refractivity contribution >= 4 is 5.91 Å². The van der Waals surface area contributed by atoms with E-state index in [1.54, 1.807) is 26.6 Å². The summed E-state index contributed by atoms with van der Waals surface area (Å²) in [6, 6.07) is 11.9. The van der Waals surface area contributed by atoms with Crippen molar-refractivity contribution < 1.29 is 14.3 Å². The molecule has 7 heteroatoms. The quantitative estimate of drug-likeness (QED) is 0.606. The Kier molecular flexibility index (Phi) is 6.21. The second-order valence-electron chi connectivity index (χ2n) is 7.88. The molecule has 162 valence electrons. The summed E-state index contributed by atoms with van der Waals surface area (Å²) in [6.45, 7) is 2.74. The van der Waals surface area contributed by atoms with E-state index in [-0.39, 0.29) is 11.9 Å². The smallest absolute Gasteiger partial charge is 0.256 e. The minimum absolute atomic E-state index is 0.0289. The van der Waals surface area contributed by atoms with E-state index in [2.05, 4.69) is 10.2 Å². The van der Waals surface area contributed by atoms with Crippen molar-refractivity contribution in [1.29, 1.82) is 0 Å². The lowest BCUT2D eigenvalue weighted by Crippen LogP contribution is -2.45. The van der Waals surface area contributed by atoms with Crippen LogP contribution in [0.5, 0.6) is 11.5 Å². The van der Waals surface area contributed by atoms with Gasteiger partial charge in [0.15, 0.2) is 11.5 Å². The fraction of sp³-hybridized carbons (Fsp3) is 0.375. The molecular weight excluding hydrogens is 392 g/mol. The molecule has 0 saturated carbocycles. The van der Waals surface area contributed by atoms with Crippen molar-refractivity contribution in [2.45, 2.75) is 38.6 Å². The zero-order valence-corrected chi connectivity index (χ0v) is 18.2. The van der Waals surface area contributed by atoms with Crippen LogP contribution in [0.25, 0.3) is 5.69 Å². The number of hydrogen-bond donors (Lipinski definition) is 0. The third-order valence-corrected chi connectivity index (χ3v) is 5.82. The maximum Gasteiger partial charge on any atom is 0.256 e. The Balaban J connectivity index is 1.63. The fourth-order valence-electron chi connectivity index (χ4n) is 4.25. The van der Waals surface area contributed by atoms with Crippen LogP contribution in [0.4, 0.5) is 0 Å². The van der Waals surface area contributed by atoms with E-state index in [1.165, 1.54) is 4.80 Å². The van der Waals surface area contributed by atoms with Crippen LogP contribution in [-0.4, -0.2) is 52.6 Å². The summed E-state index contributed by atoms with van der Waals surface area (Å²) < 4.78 is 10.8. The standard InChI is InChI=1S/C24H28N4O3/c1-17-7-9-21(28-25-11-12-26-28)20(14-17)24(29)27-13-5-4-6-19(27)15-18-8-10-22(30-2)23(16-18)31-3/h7-12,14,16,19H,4-6,13,15H2,1-3H3. The van der Waals surface area contributed by atoms with Crippen LogP contribution in [0.2, 0.25) is 0 Å². The Morgan fingerprint density at radius 2 is 1.81 bits per heavy atom. The predicted molar refractivity (Wildman–Crippen MR) is 118 cm³/mol. The molecule has 0 radical (unpaired) electrons. The topological polar surface area (TPSA) is 69.5 Å². The monoisotopic (exact) mass is 420 g/mol. The summed E-state index contributed by atoms with van der Waals surface area (Å²) in [5.41, 5.74) is 3.50. The largest absolute Gasteiger partial charge is 0.493 e. The normalized spacial score (nSPS) is 16.2. The fourth-order valence-corrected chi connectivity index (χ4v) is 4.25. The lowest BCUT2D eigenvalue weighted by atomic mass is 9.94. The summed E-state index contributed by atoms with van der Waals surface area (Å²) in [4.78, 5) is 17.2. The molecule has 1 aliphatic heterocycles. The minimum Gasteiger partial charge on any atom is -0.493 e. The molecule has 1 aromatic heterocycles. The van der Waals surface area contributed by atoms with Gasteiger partial charge in [-0.25, -0.2) is 0 Å². The van der Waals surface area contributed by atoms with Crippen LogP contribution >= 0.6 is 0 Å². The van der Waals surface area contributed by atoms with Crippen molar-refractivity contribution in [1.82, 2.24) is 19.9 Å². The third kappa shape index (κ3) is 4.40. The van der Waals surface area contributed by atoms with Crippen molar-refractivity contribution in [3.63, 3.8) is 0 Å². The molecule has 3 aromatic rings. The maximum atomic E-state index is 13.7. The molecule has 1 amide bonds. The average Bonchev–Trinajstić information content (AvgIpc) is 3.33. The molecular formula is C24H28N4O3. The van der Waals surface area contributed by atoms with Gasteiger partial charge in [-0.2, -0.15) is 15.0 Å². The molecule has 2 heterocycles. The van der Waals surface area contributed by atoms with E-state index in [9.17, 15) is 4.79 Å². The zero-order chi connectivity index (χ0) is 21.8. The molecule has 0 aliphatic carbocycles. The molecule has 1 unspecified atom stereocenters. The number of benzene rings is 2. The number of methoxy groups -OCH3 is 2. The Labute approximate surface area is 182 Å². The first-order valence-electron chi connectivity index (χ1n) is 10.6. The Morgan fingerprint density at radius 3 is 2.55 bits per heavy atom. The number of nitrogens with zero attached hydrogens (tertiary/aromatic N) is 4. The van der Waals surface area contributed by atoms with Gasteiger partial charge >= 0.3 is 0 Å². The number of aromatic nitrogens is 3. The van der Waals surface area contributed by atoms with Gasteiger partial charge in [0.25, 0.3) is 5.91 Å². The second-order valence-corrected chi connectivity index (χ2v) is 7.88. The summed E-state index contributed by atoms with van der Waals surface area (Å²) in [5, 5.41) is 8.47. The SMILES string of the molecule is COc1ccc(CC2CCCCN2C(=O)c2cc(C)ccc2-n2nccn2)cc1OC. The molecule has 0 spiro atoms. The van der Waals surface area contributed by atoms with Crippen LogP contribution < -0.4 is 9.47 Å². The van der Waals surface area contributed by atoms with E-state index in [4.69, 9.17) is 9.47 Å². The van der Waals surface area contributed by atoms with Crippen LogP contribution in [0.1, 0.15) is 40.7 Å². The van der Waals surface area contributed by atoms with Crippen LogP contribution in [0.15, 0.2) is 48.8 Å². The molecule has 1 atom stereocenters. The lowest BCUT2D eigenvalue weighted by molar-refractivity contribution is 0.0613. The molecule has 0 N–H and O–H groups in total. The van der Waals surface area contributed by atoms with Gasteiger partial charge in [-0.3, -0.25) is 4.79 Å². The number of piperidine rings is 1. The first-order chi connectivity index (χ1) is 15.1. The first-order valence-corrected chi connectivity index (χ1v) is 10.6. The lowest BCUT2D eigenvalue weighted by Gasteiger charge is -2.36. The van der Waals surface area contributed by atoms with Gasteiger partial charge in [0.2, 0.25) is 0 Å². The highest BCUT2D eigenvalue weighted by molar-refractivity contribution is 5.98. The van der Waals surface area contributed by atoms with Crippen molar-refractivity contribution in [2.24, 2.45) is 0 Å². The third-order valence-electron chi connectivity index (χ3n) is 5.82. The number of amides is 1. The number of aryl methyl sites for hydroxylation is 1. The highest BCUT2D eigenvalue weighted by Crippen LogP contribution is 2.30. The van der Waals surface area contributed by atoms with Crippen LogP contribution in [-0.2, 0) is 6.42 Å². The Morgan fingerprint density at radius 1 is 1.03 bits per heavy atom. The number of likely N-dealkylation sites (tertiary alicyclic amines) is 1. The summed E-state index contributed by atoms with van der Waals surface area (Å²) >= 11 is 0. The summed E-state index contributed by atoms with van der Waals surface area (Å²) in [5.74, 6) is 1.44. The molecule has 31 heavy (non-hydrogen) atoms. The average molecular weight is 421 g/mol. The number of hydrogen-bond acceptors (Lipinski definition) is 5. The maximum absolute atomic E-state index is 13.7. The molecule has 1 aliphatic rings. The summed E-state index contributed by atoms with van der Waals surface area (Å²) in [7, 11) is 3.27. The molecule has 1 saturated heterocycles. The molecule has 4 rings (SSSR count). The van der Waals surface area contributed by atoms with Gasteiger partial charge in [0.1, 0.15) is 0 Å². The van der Waals surface area contributed by atoms with E-state index in [1.807, 2.05) is 48.2 Å². The second kappa shape index (κ2) is 9.20. The number of carbonyl (C=O) groups excluding carboxylic acids is 1. The van der Waals surface area contributed by atoms with Gasteiger partial charge in [-0.05, 0) is 62.4 Å². The predicted octanol–water partition coefficient (Wildman–Crippen LogP) is 3.83. The molecule has 0 bridgehead atoms. The highest BCUT2D eigenvalue weighted by atomic mass is 16.5. The summed E-state index contributed by atoms with van der Waals surface area (Å²) in [6.07, 6.45) is 7.11. The van der Waals surface area contributed by atoms with E-state index in [0.717, 1.165) is 43.4 Å². The van der Waals surface area contributed by atoms with Gasteiger partial charge in [-0.15, -0.1) is 0 Å². The number of ether oxygens (including phenoxy) is 2. The van der Waals surface area contributed by atoms with Crippen LogP contribution in [0.3, 0.4) is 0 Å². The first kappa shape index (κ1) is 20.9. The van der Waals surface area contributed by atoms with Crippen molar-refractivity contribution in [2.75, 3.05) is 20.8 Å². The van der Waals surface area contributed by atoms with Crippen molar-refractivity contribution in [3.8, 4) is 17.2 Å². The molecule has 7 nitrogen and oxygen atoms in total. The van der Waals surface area contributed by atoms with Gasteiger partial charge in [0.05, 0.1) is 37.9 Å². The minimum atomic E-state index is 0.0289. The van der Waals surface area contributed by atoms with Gasteiger partial charge in [-0.1, -0.05) is 17.7 Å². The van der Waals surface area contributed by atoms with E-state index < -0.39 is 0 Å². The molecule has 1 fully saturated rings. The van der Waals surface area contributed by atoms with E-state index >= 15 is 0 Å². The Bertz CT molecular complexity index is 1050. The zero-order valence-electron chi connectivity index (χ0n) is 18.2. The highest BCUT2D eigenvalue weighted by Gasteiger charge is 2.29. The van der Waals surface area contributed by atoms with E-state index in [0.29, 0.717) is 22.7 Å². The number of carbonyl (C=O) groups is 1. The Hall–Kier alpha value is -3.35. The van der Waals surface area contributed by atoms with Gasteiger partial charge in [0, 0.05) is 12.6 Å². The number of rotatable bonds is 6.